The Morgan fingerprint density at radius 1 is 1.21 bits per heavy atom. The molecule has 2 aliphatic heterocycles. The molecule has 1 N–H and O–H groups in total. The van der Waals surface area contributed by atoms with E-state index in [0.29, 0.717) is 30.5 Å². The Morgan fingerprint density at radius 2 is 2.10 bits per heavy atom. The highest BCUT2D eigenvalue weighted by Gasteiger charge is 2.58. The molecule has 10 heteroatoms. The first-order valence-corrected chi connectivity index (χ1v) is 14.3. The number of carbonyl (C=O) groups is 1. The molecular weight excluding hydrogens is 537 g/mol. The first kappa shape index (κ1) is 26.6. The number of benzene rings is 2. The van der Waals surface area contributed by atoms with Crippen molar-refractivity contribution in [2.45, 2.75) is 50.5 Å². The summed E-state index contributed by atoms with van der Waals surface area (Å²) in [5.41, 5.74) is 3.58. The van der Waals surface area contributed by atoms with E-state index in [0.717, 1.165) is 61.5 Å². The van der Waals surface area contributed by atoms with Gasteiger partial charge in [0.1, 0.15) is 18.2 Å². The maximum Gasteiger partial charge on any atom is 0.335 e. The second-order valence-electron chi connectivity index (χ2n) is 11.5. The van der Waals surface area contributed by atoms with Crippen molar-refractivity contribution in [3.63, 3.8) is 0 Å². The van der Waals surface area contributed by atoms with Crippen LogP contribution in [0.1, 0.15) is 52.3 Å². The van der Waals surface area contributed by atoms with Gasteiger partial charge in [-0.15, -0.1) is 0 Å². The molecule has 1 aliphatic carbocycles. The number of nitrogens with zero attached hydrogens (tertiary/aromatic N) is 5. The van der Waals surface area contributed by atoms with E-state index in [1.54, 1.807) is 36.4 Å². The molecule has 2 aromatic heterocycles. The van der Waals surface area contributed by atoms with Crippen molar-refractivity contribution in [2.75, 3.05) is 19.7 Å². The van der Waals surface area contributed by atoms with Gasteiger partial charge in [0, 0.05) is 30.2 Å². The van der Waals surface area contributed by atoms with E-state index in [4.69, 9.17) is 24.7 Å². The summed E-state index contributed by atoms with van der Waals surface area (Å²) in [5, 5.41) is 18.5. The molecule has 9 nitrogen and oxygen atoms in total. The molecule has 4 aromatic rings. The smallest absolute Gasteiger partial charge is 0.335 e. The lowest BCUT2D eigenvalue weighted by molar-refractivity contribution is -0.0592. The lowest BCUT2D eigenvalue weighted by atomic mass is 9.91. The summed E-state index contributed by atoms with van der Waals surface area (Å²) < 4.78 is 28.0. The van der Waals surface area contributed by atoms with E-state index in [1.807, 2.05) is 12.1 Å². The molecule has 3 aliphatic rings. The zero-order valence-corrected chi connectivity index (χ0v) is 23.0. The quantitative estimate of drug-likeness (QED) is 0.310. The van der Waals surface area contributed by atoms with Crippen molar-refractivity contribution in [2.24, 2.45) is 5.92 Å². The third kappa shape index (κ3) is 4.89. The van der Waals surface area contributed by atoms with Crippen LogP contribution in [-0.4, -0.2) is 56.3 Å². The zero-order valence-electron chi connectivity index (χ0n) is 23.0. The predicted octanol–water partition coefficient (Wildman–Crippen LogP) is 4.67. The number of pyridine rings is 1. The summed E-state index contributed by atoms with van der Waals surface area (Å²) in [4.78, 5) is 23.8. The van der Waals surface area contributed by atoms with E-state index in [2.05, 4.69) is 15.5 Å². The molecule has 0 bridgehead atoms. The van der Waals surface area contributed by atoms with Crippen molar-refractivity contribution in [3.05, 3.63) is 88.6 Å². The molecule has 214 valence electrons. The number of aromatic carboxylic acids is 1. The van der Waals surface area contributed by atoms with E-state index >= 15 is 0 Å². The Hall–Kier alpha value is -4.33. The van der Waals surface area contributed by atoms with Crippen LogP contribution in [0.25, 0.3) is 11.0 Å². The number of carboxylic acids is 1. The summed E-state index contributed by atoms with van der Waals surface area (Å²) in [5.74, 6) is 0.452. The van der Waals surface area contributed by atoms with Crippen molar-refractivity contribution < 1.29 is 23.8 Å². The normalized spacial score (nSPS) is 23.1. The average molecular weight is 568 g/mol. The molecule has 0 amide bonds. The summed E-state index contributed by atoms with van der Waals surface area (Å²) in [6, 6.07) is 17.2. The van der Waals surface area contributed by atoms with Gasteiger partial charge < -0.3 is 19.1 Å². The number of halogens is 1. The number of imidazole rings is 1. The number of hydrogen-bond acceptors (Lipinski definition) is 7. The summed E-state index contributed by atoms with van der Waals surface area (Å²) >= 11 is 0. The van der Waals surface area contributed by atoms with Crippen LogP contribution in [-0.2, 0) is 29.8 Å². The maximum atomic E-state index is 14.3. The van der Waals surface area contributed by atoms with Crippen LogP contribution in [0.5, 0.6) is 5.88 Å². The van der Waals surface area contributed by atoms with Crippen molar-refractivity contribution in [1.29, 1.82) is 5.26 Å². The fourth-order valence-electron chi connectivity index (χ4n) is 6.39. The number of carboxylic acid groups (broad SMARTS) is 1. The molecule has 2 saturated heterocycles. The fraction of sp³-hybridized carbons (Fsp3) is 0.375. The molecule has 4 heterocycles. The molecular formula is C32H30FN5O4. The van der Waals surface area contributed by atoms with Gasteiger partial charge in [-0.2, -0.15) is 5.26 Å². The third-order valence-corrected chi connectivity index (χ3v) is 8.99. The van der Waals surface area contributed by atoms with Gasteiger partial charge in [-0.3, -0.25) is 4.90 Å². The van der Waals surface area contributed by atoms with Gasteiger partial charge in [0.15, 0.2) is 0 Å². The topological polar surface area (TPSA) is 114 Å². The minimum absolute atomic E-state index is 0.0197. The predicted molar refractivity (Wildman–Crippen MR) is 150 cm³/mol. The first-order chi connectivity index (χ1) is 20.4. The van der Waals surface area contributed by atoms with Gasteiger partial charge in [-0.1, -0.05) is 12.1 Å². The summed E-state index contributed by atoms with van der Waals surface area (Å²) in [6.07, 6.45) is 3.14. The summed E-state index contributed by atoms with van der Waals surface area (Å²) in [7, 11) is 0. The van der Waals surface area contributed by atoms with Crippen LogP contribution in [0, 0.1) is 23.1 Å². The minimum atomic E-state index is -0.948. The third-order valence-electron chi connectivity index (χ3n) is 8.99. The maximum absolute atomic E-state index is 14.3. The van der Waals surface area contributed by atoms with Crippen LogP contribution in [0.3, 0.4) is 0 Å². The molecule has 0 radical (unpaired) electrons. The number of fused-ring (bicyclic) bond motifs is 2. The second kappa shape index (κ2) is 10.5. The van der Waals surface area contributed by atoms with Crippen LogP contribution in [0.15, 0.2) is 54.6 Å². The lowest BCUT2D eigenvalue weighted by Crippen LogP contribution is -2.37. The molecule has 42 heavy (non-hydrogen) atoms. The second-order valence-corrected chi connectivity index (χ2v) is 11.5. The molecule has 0 unspecified atom stereocenters. The van der Waals surface area contributed by atoms with E-state index in [-0.39, 0.29) is 29.3 Å². The highest BCUT2D eigenvalue weighted by Crippen LogP contribution is 2.59. The number of nitriles is 1. The van der Waals surface area contributed by atoms with Gasteiger partial charge in [0.2, 0.25) is 5.88 Å². The largest absolute Gasteiger partial charge is 0.478 e. The summed E-state index contributed by atoms with van der Waals surface area (Å²) in [6.45, 7) is 3.97. The van der Waals surface area contributed by atoms with Crippen molar-refractivity contribution in [3.8, 4) is 11.9 Å². The Balaban J connectivity index is 1.04. The molecule has 0 spiro atoms. The Bertz CT molecular complexity index is 1730. The van der Waals surface area contributed by atoms with E-state index in [9.17, 15) is 14.3 Å². The van der Waals surface area contributed by atoms with Gasteiger partial charge in [0.25, 0.3) is 0 Å². The highest BCUT2D eigenvalue weighted by molar-refractivity contribution is 5.92. The SMILES string of the molecule is N#Cc1ccc(COc2cccc([C@@]34CCN(Cc5nc6ccc(C(=O)O)cc6n5C[C@@H]5CCO5)C[C@@H]3C4)n2)c(F)c1. The highest BCUT2D eigenvalue weighted by atomic mass is 19.1. The van der Waals surface area contributed by atoms with Gasteiger partial charge in [-0.25, -0.2) is 19.2 Å². The minimum Gasteiger partial charge on any atom is -0.478 e. The van der Waals surface area contributed by atoms with Gasteiger partial charge in [-0.05, 0) is 68.1 Å². The number of likely N-dealkylation sites (tertiary alicyclic amines) is 1. The van der Waals surface area contributed by atoms with E-state index < -0.39 is 11.8 Å². The number of ether oxygens (including phenoxy) is 2. The Morgan fingerprint density at radius 3 is 2.83 bits per heavy atom. The van der Waals surface area contributed by atoms with Crippen molar-refractivity contribution in [1.82, 2.24) is 19.4 Å². The van der Waals surface area contributed by atoms with Gasteiger partial charge in [0.05, 0.1) is 53.1 Å². The molecule has 3 fully saturated rings. The zero-order chi connectivity index (χ0) is 28.8. The number of aromatic nitrogens is 3. The fourth-order valence-corrected chi connectivity index (χ4v) is 6.39. The standard InChI is InChI=1S/C32H30FN5O4/c33-25-12-20(15-34)4-5-22(25)19-42-30-3-1-2-28(36-30)32-9-10-37(16-23(32)14-32)18-29-35-26-7-6-21(31(39)40)13-27(26)38(29)17-24-8-11-41-24/h1-7,12-13,23-24H,8-11,14,16-19H2,(H,39,40)/t23-,24-,32+/m0/s1. The molecule has 2 aromatic carbocycles. The number of rotatable bonds is 9. The number of hydrogen-bond donors (Lipinski definition) is 1. The molecule has 3 atom stereocenters. The molecule has 1 saturated carbocycles. The number of piperidine rings is 1. The Kier molecular flexibility index (Phi) is 6.64. The van der Waals surface area contributed by atoms with Gasteiger partial charge >= 0.3 is 5.97 Å². The van der Waals surface area contributed by atoms with E-state index in [1.165, 1.54) is 6.07 Å². The van der Waals surface area contributed by atoms with Crippen molar-refractivity contribution >= 4 is 17.0 Å². The molecule has 7 rings (SSSR count). The van der Waals surface area contributed by atoms with Crippen LogP contribution >= 0.6 is 0 Å². The average Bonchev–Trinajstić information content (AvgIpc) is 3.62. The first-order valence-electron chi connectivity index (χ1n) is 14.3. The van der Waals surface area contributed by atoms with Crippen LogP contribution in [0.2, 0.25) is 0 Å². The van der Waals surface area contributed by atoms with Crippen LogP contribution in [0.4, 0.5) is 4.39 Å². The monoisotopic (exact) mass is 567 g/mol. The Labute approximate surface area is 242 Å². The lowest BCUT2D eigenvalue weighted by Gasteiger charge is -2.32. The van der Waals surface area contributed by atoms with Crippen LogP contribution < -0.4 is 4.74 Å².